The normalized spacial score (nSPS) is 19.0. The van der Waals surface area contributed by atoms with Gasteiger partial charge in [-0.3, -0.25) is 4.90 Å². The number of nitrogens with two attached hydrogens (primary N) is 1. The average Bonchev–Trinajstić information content (AvgIpc) is 2.86. The molecule has 1 unspecified atom stereocenters. The Hall–Kier alpha value is -0.970. The van der Waals surface area contributed by atoms with Crippen LogP contribution in [0, 0.1) is 0 Å². The van der Waals surface area contributed by atoms with E-state index in [0.29, 0.717) is 6.04 Å². The third kappa shape index (κ3) is 3.75. The summed E-state index contributed by atoms with van der Waals surface area (Å²) < 4.78 is 10.7. The van der Waals surface area contributed by atoms with Crippen molar-refractivity contribution in [3.8, 4) is 11.5 Å². The van der Waals surface area contributed by atoms with Crippen molar-refractivity contribution in [2.75, 3.05) is 27.3 Å². The van der Waals surface area contributed by atoms with Crippen LogP contribution in [0.1, 0.15) is 18.4 Å². The molecular weight excluding hydrogens is 264 g/mol. The zero-order chi connectivity index (χ0) is 13.0. The third-order valence-corrected chi connectivity index (χ3v) is 3.63. The lowest BCUT2D eigenvalue weighted by Gasteiger charge is -2.24. The molecule has 1 fully saturated rings. The second-order valence-corrected chi connectivity index (χ2v) is 4.68. The quantitative estimate of drug-likeness (QED) is 0.900. The van der Waals surface area contributed by atoms with Gasteiger partial charge in [-0.2, -0.15) is 0 Å². The SMILES string of the molecule is COc1ccc(OC)c(CN2CCCC2CN)c1.Cl. The molecule has 4 nitrogen and oxygen atoms in total. The van der Waals surface area contributed by atoms with Gasteiger partial charge in [-0.05, 0) is 37.6 Å². The Morgan fingerprint density at radius 1 is 1.32 bits per heavy atom. The van der Waals surface area contributed by atoms with Crippen molar-refractivity contribution in [3.63, 3.8) is 0 Å². The number of methoxy groups -OCH3 is 2. The first kappa shape index (κ1) is 16.1. The van der Waals surface area contributed by atoms with Gasteiger partial charge < -0.3 is 15.2 Å². The molecule has 2 N–H and O–H groups in total. The lowest BCUT2D eigenvalue weighted by atomic mass is 10.1. The number of halogens is 1. The molecular formula is C14H23ClN2O2. The van der Waals surface area contributed by atoms with Gasteiger partial charge in [0.1, 0.15) is 11.5 Å². The van der Waals surface area contributed by atoms with Crippen LogP contribution in [-0.2, 0) is 6.54 Å². The Balaban J connectivity index is 0.00000180. The summed E-state index contributed by atoms with van der Waals surface area (Å²) in [5.74, 6) is 1.78. The van der Waals surface area contributed by atoms with Crippen molar-refractivity contribution in [2.45, 2.75) is 25.4 Å². The third-order valence-electron chi connectivity index (χ3n) is 3.63. The largest absolute Gasteiger partial charge is 0.497 e. The molecule has 1 aliphatic rings. The van der Waals surface area contributed by atoms with E-state index in [9.17, 15) is 0 Å². The highest BCUT2D eigenvalue weighted by molar-refractivity contribution is 5.85. The van der Waals surface area contributed by atoms with Gasteiger partial charge in [0.25, 0.3) is 0 Å². The molecule has 108 valence electrons. The molecule has 1 atom stereocenters. The molecule has 1 aliphatic heterocycles. The molecule has 0 spiro atoms. The maximum atomic E-state index is 5.81. The molecule has 1 aromatic carbocycles. The van der Waals surface area contributed by atoms with Crippen LogP contribution in [0.25, 0.3) is 0 Å². The lowest BCUT2D eigenvalue weighted by molar-refractivity contribution is 0.246. The van der Waals surface area contributed by atoms with E-state index in [1.54, 1.807) is 14.2 Å². The number of benzene rings is 1. The second kappa shape index (κ2) is 7.58. The molecule has 1 heterocycles. The molecule has 0 amide bonds. The molecule has 0 saturated carbocycles. The summed E-state index contributed by atoms with van der Waals surface area (Å²) in [7, 11) is 3.39. The van der Waals surface area contributed by atoms with E-state index in [0.717, 1.165) is 36.7 Å². The summed E-state index contributed by atoms with van der Waals surface area (Å²) in [6, 6.07) is 6.43. The monoisotopic (exact) mass is 286 g/mol. The van der Waals surface area contributed by atoms with Gasteiger partial charge in [0.15, 0.2) is 0 Å². The van der Waals surface area contributed by atoms with Crippen molar-refractivity contribution in [1.29, 1.82) is 0 Å². The molecule has 2 rings (SSSR count). The van der Waals surface area contributed by atoms with E-state index in [4.69, 9.17) is 15.2 Å². The minimum absolute atomic E-state index is 0. The first-order chi connectivity index (χ1) is 8.78. The number of ether oxygens (including phenoxy) is 2. The highest BCUT2D eigenvalue weighted by atomic mass is 35.5. The van der Waals surface area contributed by atoms with E-state index in [-0.39, 0.29) is 12.4 Å². The van der Waals surface area contributed by atoms with Crippen molar-refractivity contribution < 1.29 is 9.47 Å². The first-order valence-electron chi connectivity index (χ1n) is 6.43. The van der Waals surface area contributed by atoms with Crippen LogP contribution in [0.5, 0.6) is 11.5 Å². The van der Waals surface area contributed by atoms with Gasteiger partial charge in [0.2, 0.25) is 0 Å². The second-order valence-electron chi connectivity index (χ2n) is 4.68. The fourth-order valence-electron chi connectivity index (χ4n) is 2.59. The number of hydrogen-bond acceptors (Lipinski definition) is 4. The van der Waals surface area contributed by atoms with E-state index >= 15 is 0 Å². The van der Waals surface area contributed by atoms with Crippen LogP contribution in [0.15, 0.2) is 18.2 Å². The molecule has 1 saturated heterocycles. The minimum atomic E-state index is 0. The Labute approximate surface area is 121 Å². The number of nitrogens with zero attached hydrogens (tertiary/aromatic N) is 1. The van der Waals surface area contributed by atoms with Crippen LogP contribution in [0.3, 0.4) is 0 Å². The Morgan fingerprint density at radius 3 is 2.74 bits per heavy atom. The van der Waals surface area contributed by atoms with Gasteiger partial charge in [-0.1, -0.05) is 0 Å². The van der Waals surface area contributed by atoms with E-state index in [2.05, 4.69) is 4.90 Å². The lowest BCUT2D eigenvalue weighted by Crippen LogP contribution is -2.34. The Kier molecular flexibility index (Phi) is 6.42. The standard InChI is InChI=1S/C14H22N2O2.ClH/c1-17-13-5-6-14(18-2)11(8-13)10-16-7-3-4-12(16)9-15;/h5-6,8,12H,3-4,7,9-10,15H2,1-2H3;1H. The van der Waals surface area contributed by atoms with Crippen LogP contribution in [0.2, 0.25) is 0 Å². The molecule has 0 aromatic heterocycles. The highest BCUT2D eigenvalue weighted by Crippen LogP contribution is 2.28. The maximum Gasteiger partial charge on any atom is 0.123 e. The van der Waals surface area contributed by atoms with Gasteiger partial charge in [-0.25, -0.2) is 0 Å². The van der Waals surface area contributed by atoms with Crippen LogP contribution in [-0.4, -0.2) is 38.3 Å². The maximum absolute atomic E-state index is 5.81. The van der Waals surface area contributed by atoms with Crippen LogP contribution in [0.4, 0.5) is 0 Å². The average molecular weight is 287 g/mol. The predicted octanol–water partition coefficient (Wildman–Crippen LogP) is 2.05. The fraction of sp³-hybridized carbons (Fsp3) is 0.571. The van der Waals surface area contributed by atoms with Gasteiger partial charge in [0.05, 0.1) is 14.2 Å². The highest BCUT2D eigenvalue weighted by Gasteiger charge is 2.24. The molecule has 0 aliphatic carbocycles. The summed E-state index contributed by atoms with van der Waals surface area (Å²) in [6.45, 7) is 2.72. The summed E-state index contributed by atoms with van der Waals surface area (Å²) in [4.78, 5) is 2.43. The van der Waals surface area contributed by atoms with Crippen molar-refractivity contribution in [2.24, 2.45) is 5.73 Å². The van der Waals surface area contributed by atoms with Crippen molar-refractivity contribution in [3.05, 3.63) is 23.8 Å². The molecule has 1 aromatic rings. The molecule has 0 radical (unpaired) electrons. The number of hydrogen-bond donors (Lipinski definition) is 1. The fourth-order valence-corrected chi connectivity index (χ4v) is 2.59. The minimum Gasteiger partial charge on any atom is -0.497 e. The molecule has 19 heavy (non-hydrogen) atoms. The Bertz CT molecular complexity index is 401. The van der Waals surface area contributed by atoms with Gasteiger partial charge >= 0.3 is 0 Å². The van der Waals surface area contributed by atoms with Gasteiger partial charge in [0, 0.05) is 24.7 Å². The molecule has 0 bridgehead atoms. The predicted molar refractivity (Wildman–Crippen MR) is 79.3 cm³/mol. The van der Waals surface area contributed by atoms with E-state index < -0.39 is 0 Å². The van der Waals surface area contributed by atoms with Gasteiger partial charge in [-0.15, -0.1) is 12.4 Å². The van der Waals surface area contributed by atoms with E-state index in [1.807, 2.05) is 18.2 Å². The van der Waals surface area contributed by atoms with Crippen molar-refractivity contribution >= 4 is 12.4 Å². The zero-order valence-corrected chi connectivity index (χ0v) is 12.4. The van der Waals surface area contributed by atoms with E-state index in [1.165, 1.54) is 12.8 Å². The van der Waals surface area contributed by atoms with Crippen LogP contribution < -0.4 is 15.2 Å². The summed E-state index contributed by atoms with van der Waals surface area (Å²) >= 11 is 0. The Morgan fingerprint density at radius 2 is 2.11 bits per heavy atom. The number of rotatable bonds is 5. The number of likely N-dealkylation sites (tertiary alicyclic amines) is 1. The topological polar surface area (TPSA) is 47.7 Å². The van der Waals surface area contributed by atoms with Crippen molar-refractivity contribution in [1.82, 2.24) is 4.90 Å². The zero-order valence-electron chi connectivity index (χ0n) is 11.6. The summed E-state index contributed by atoms with van der Waals surface area (Å²) in [6.07, 6.45) is 2.43. The summed E-state index contributed by atoms with van der Waals surface area (Å²) in [5.41, 5.74) is 6.97. The smallest absolute Gasteiger partial charge is 0.123 e. The first-order valence-corrected chi connectivity index (χ1v) is 6.43. The van der Waals surface area contributed by atoms with Crippen LogP contribution >= 0.6 is 12.4 Å². The molecule has 5 heteroatoms. The summed E-state index contributed by atoms with van der Waals surface area (Å²) in [5, 5.41) is 0.